The lowest BCUT2D eigenvalue weighted by atomic mass is 10.1. The molecule has 3 amide bonds. The molecule has 0 spiro atoms. The minimum atomic E-state index is -0.363. The zero-order valence-corrected chi connectivity index (χ0v) is 15.2. The Bertz CT molecular complexity index is 683. The molecule has 2 fully saturated rings. The maximum Gasteiger partial charge on any atom is 0.279 e. The minimum Gasteiger partial charge on any atom is -0.344 e. The Kier molecular flexibility index (Phi) is 5.88. The molecule has 0 aromatic heterocycles. The molecule has 0 aliphatic carbocycles. The lowest BCUT2D eigenvalue weighted by Gasteiger charge is -2.33. The molecular weight excluding hydrogens is 332 g/mol. The van der Waals surface area contributed by atoms with Gasteiger partial charge in [-0.1, -0.05) is 25.1 Å². The number of aryl methyl sites for hydroxylation is 1. The number of piperazine rings is 1. The Morgan fingerprint density at radius 3 is 2.65 bits per heavy atom. The second kappa shape index (κ2) is 8.31. The van der Waals surface area contributed by atoms with Crippen molar-refractivity contribution in [2.75, 3.05) is 38.0 Å². The summed E-state index contributed by atoms with van der Waals surface area (Å²) in [7, 11) is 0. The number of amides is 3. The molecule has 0 saturated carbocycles. The number of nitrogens with zero attached hydrogens (tertiary/aromatic N) is 1. The third kappa shape index (κ3) is 4.40. The SMILES string of the molecule is CCc1ccccc1NC(=O)C[NH+]1CCN(C(=O)[C@H]2CCC(=O)N2)CC1. The van der Waals surface area contributed by atoms with E-state index in [2.05, 4.69) is 17.6 Å². The van der Waals surface area contributed by atoms with E-state index in [0.29, 0.717) is 32.5 Å². The van der Waals surface area contributed by atoms with Crippen molar-refractivity contribution >= 4 is 23.4 Å². The number of carbonyl (C=O) groups is 3. The molecule has 0 radical (unpaired) electrons. The Hall–Kier alpha value is -2.41. The van der Waals surface area contributed by atoms with Gasteiger partial charge in [-0.15, -0.1) is 0 Å². The number of rotatable bonds is 5. The van der Waals surface area contributed by atoms with Gasteiger partial charge in [0.1, 0.15) is 6.04 Å². The lowest BCUT2D eigenvalue weighted by molar-refractivity contribution is -0.895. The minimum absolute atomic E-state index is 0.00346. The number of carbonyl (C=O) groups excluding carboxylic acids is 3. The molecule has 140 valence electrons. The van der Waals surface area contributed by atoms with Crippen LogP contribution in [0.3, 0.4) is 0 Å². The molecule has 2 saturated heterocycles. The average Bonchev–Trinajstić information content (AvgIpc) is 3.08. The van der Waals surface area contributed by atoms with Crippen LogP contribution in [0.1, 0.15) is 25.3 Å². The summed E-state index contributed by atoms with van der Waals surface area (Å²) in [5.74, 6) is -0.0309. The van der Waals surface area contributed by atoms with E-state index in [1.807, 2.05) is 29.2 Å². The molecule has 1 atom stereocenters. The summed E-state index contributed by atoms with van der Waals surface area (Å²) in [6.45, 7) is 5.21. The average molecular weight is 359 g/mol. The van der Waals surface area contributed by atoms with E-state index in [4.69, 9.17) is 0 Å². The van der Waals surface area contributed by atoms with Crippen molar-refractivity contribution in [2.24, 2.45) is 0 Å². The van der Waals surface area contributed by atoms with Crippen LogP contribution in [0.2, 0.25) is 0 Å². The Morgan fingerprint density at radius 1 is 1.27 bits per heavy atom. The first-order valence-corrected chi connectivity index (χ1v) is 9.36. The van der Waals surface area contributed by atoms with Gasteiger partial charge in [0.2, 0.25) is 11.8 Å². The summed E-state index contributed by atoms with van der Waals surface area (Å²) in [5.41, 5.74) is 2.01. The van der Waals surface area contributed by atoms with Gasteiger partial charge in [-0.05, 0) is 24.5 Å². The zero-order chi connectivity index (χ0) is 18.5. The second-order valence-electron chi connectivity index (χ2n) is 6.97. The van der Waals surface area contributed by atoms with Crippen LogP contribution in [0.5, 0.6) is 0 Å². The van der Waals surface area contributed by atoms with Gasteiger partial charge < -0.3 is 20.4 Å². The van der Waals surface area contributed by atoms with Crippen LogP contribution in [0, 0.1) is 0 Å². The molecule has 2 aliphatic rings. The van der Waals surface area contributed by atoms with Crippen molar-refractivity contribution < 1.29 is 19.3 Å². The van der Waals surface area contributed by atoms with E-state index >= 15 is 0 Å². The summed E-state index contributed by atoms with van der Waals surface area (Å²) in [6, 6.07) is 7.49. The highest BCUT2D eigenvalue weighted by molar-refractivity contribution is 5.92. The van der Waals surface area contributed by atoms with Gasteiger partial charge in [-0.2, -0.15) is 0 Å². The van der Waals surface area contributed by atoms with E-state index in [0.717, 1.165) is 30.8 Å². The van der Waals surface area contributed by atoms with Crippen molar-refractivity contribution in [2.45, 2.75) is 32.2 Å². The van der Waals surface area contributed by atoms with E-state index in [1.54, 1.807) is 0 Å². The van der Waals surface area contributed by atoms with Gasteiger partial charge in [-0.3, -0.25) is 14.4 Å². The molecule has 1 aromatic carbocycles. The number of hydrogen-bond acceptors (Lipinski definition) is 3. The number of benzene rings is 1. The fourth-order valence-electron chi connectivity index (χ4n) is 3.61. The van der Waals surface area contributed by atoms with E-state index in [1.165, 1.54) is 4.90 Å². The number of anilines is 1. The molecule has 0 bridgehead atoms. The number of nitrogens with one attached hydrogen (secondary N) is 3. The molecule has 26 heavy (non-hydrogen) atoms. The third-order valence-electron chi connectivity index (χ3n) is 5.16. The topological polar surface area (TPSA) is 83.0 Å². The molecule has 7 nitrogen and oxygen atoms in total. The van der Waals surface area contributed by atoms with Gasteiger partial charge in [0.25, 0.3) is 5.91 Å². The normalized spacial score (nSPS) is 20.7. The molecular formula is C19H27N4O3+. The molecule has 2 heterocycles. The second-order valence-corrected chi connectivity index (χ2v) is 6.97. The molecule has 2 aliphatic heterocycles. The number of quaternary nitrogens is 1. The largest absolute Gasteiger partial charge is 0.344 e. The van der Waals surface area contributed by atoms with Crippen molar-refractivity contribution in [3.05, 3.63) is 29.8 Å². The van der Waals surface area contributed by atoms with Crippen LogP contribution in [-0.4, -0.2) is 61.4 Å². The summed E-state index contributed by atoms with van der Waals surface area (Å²) in [4.78, 5) is 39.0. The summed E-state index contributed by atoms with van der Waals surface area (Å²) in [6.07, 6.45) is 1.90. The Labute approximate surface area is 153 Å². The number of para-hydroxylation sites is 1. The van der Waals surface area contributed by atoms with Crippen molar-refractivity contribution in [1.82, 2.24) is 10.2 Å². The highest BCUT2D eigenvalue weighted by atomic mass is 16.2. The zero-order valence-electron chi connectivity index (χ0n) is 15.2. The van der Waals surface area contributed by atoms with E-state index < -0.39 is 0 Å². The lowest BCUT2D eigenvalue weighted by Crippen LogP contribution is -3.15. The summed E-state index contributed by atoms with van der Waals surface area (Å²) < 4.78 is 0. The fourth-order valence-corrected chi connectivity index (χ4v) is 3.61. The standard InChI is InChI=1S/C19H26N4O3/c1-2-14-5-3-4-6-15(14)20-18(25)13-22-9-11-23(12-10-22)19(26)16-7-8-17(24)21-16/h3-6,16H,2,7-13H2,1H3,(H,20,25)(H,21,24)/p+1/t16-/m1/s1. The van der Waals surface area contributed by atoms with Crippen LogP contribution in [-0.2, 0) is 20.8 Å². The molecule has 3 rings (SSSR count). The summed E-state index contributed by atoms with van der Waals surface area (Å²) in [5, 5.41) is 5.74. The first-order chi connectivity index (χ1) is 12.6. The van der Waals surface area contributed by atoms with Crippen LogP contribution in [0.4, 0.5) is 5.69 Å². The van der Waals surface area contributed by atoms with Gasteiger partial charge in [0.15, 0.2) is 6.54 Å². The Balaban J connectivity index is 1.45. The molecule has 3 N–H and O–H groups in total. The van der Waals surface area contributed by atoms with Crippen LogP contribution < -0.4 is 15.5 Å². The van der Waals surface area contributed by atoms with E-state index in [-0.39, 0.29) is 23.8 Å². The van der Waals surface area contributed by atoms with Crippen LogP contribution in [0.15, 0.2) is 24.3 Å². The Morgan fingerprint density at radius 2 is 2.00 bits per heavy atom. The van der Waals surface area contributed by atoms with Crippen molar-refractivity contribution in [1.29, 1.82) is 0 Å². The van der Waals surface area contributed by atoms with Crippen molar-refractivity contribution in [3.8, 4) is 0 Å². The quantitative estimate of drug-likeness (QED) is 0.643. The van der Waals surface area contributed by atoms with Gasteiger partial charge in [0.05, 0.1) is 26.2 Å². The maximum atomic E-state index is 12.4. The third-order valence-corrected chi connectivity index (χ3v) is 5.16. The predicted octanol–water partition coefficient (Wildman–Crippen LogP) is -0.807. The van der Waals surface area contributed by atoms with E-state index in [9.17, 15) is 14.4 Å². The monoisotopic (exact) mass is 359 g/mol. The maximum absolute atomic E-state index is 12.4. The highest BCUT2D eigenvalue weighted by Crippen LogP contribution is 2.15. The van der Waals surface area contributed by atoms with Gasteiger partial charge in [0, 0.05) is 12.1 Å². The first kappa shape index (κ1) is 18.4. The van der Waals surface area contributed by atoms with Gasteiger partial charge in [-0.25, -0.2) is 0 Å². The van der Waals surface area contributed by atoms with Gasteiger partial charge >= 0.3 is 0 Å². The molecule has 7 heteroatoms. The fraction of sp³-hybridized carbons (Fsp3) is 0.526. The molecule has 0 unspecified atom stereocenters. The van der Waals surface area contributed by atoms with Crippen molar-refractivity contribution in [3.63, 3.8) is 0 Å². The molecule has 1 aromatic rings. The predicted molar refractivity (Wildman–Crippen MR) is 97.8 cm³/mol. The van der Waals surface area contributed by atoms with Crippen LogP contribution >= 0.6 is 0 Å². The van der Waals surface area contributed by atoms with Crippen LogP contribution in [0.25, 0.3) is 0 Å². The first-order valence-electron chi connectivity index (χ1n) is 9.36. The highest BCUT2D eigenvalue weighted by Gasteiger charge is 2.33. The summed E-state index contributed by atoms with van der Waals surface area (Å²) >= 11 is 0. The smallest absolute Gasteiger partial charge is 0.279 e. The number of hydrogen-bond donors (Lipinski definition) is 3.